The van der Waals surface area contributed by atoms with Crippen molar-refractivity contribution in [1.29, 1.82) is 0 Å². The van der Waals surface area contributed by atoms with Crippen LogP contribution in [0.3, 0.4) is 0 Å². The van der Waals surface area contributed by atoms with Gasteiger partial charge in [-0.3, -0.25) is 0 Å². The maximum Gasteiger partial charge on any atom is 0.116 e. The Morgan fingerprint density at radius 2 is 2.17 bits per heavy atom. The molecule has 1 heterocycles. The maximum atomic E-state index is 9.25. The Bertz CT molecular complexity index is 433. The van der Waals surface area contributed by atoms with E-state index < -0.39 is 0 Å². The van der Waals surface area contributed by atoms with E-state index in [1.54, 1.807) is 12.1 Å². The van der Waals surface area contributed by atoms with Crippen molar-refractivity contribution in [2.75, 3.05) is 0 Å². The first kappa shape index (κ1) is 7.91. The van der Waals surface area contributed by atoms with Gasteiger partial charge < -0.3 is 10.1 Å². The number of aromatic nitrogens is 1. The van der Waals surface area contributed by atoms with Gasteiger partial charge in [-0.1, -0.05) is 0 Å². The molecule has 12 heavy (non-hydrogen) atoms. The summed E-state index contributed by atoms with van der Waals surface area (Å²) in [5.41, 5.74) is 2.23. The zero-order valence-electron chi connectivity index (χ0n) is 6.56. The fraction of sp³-hybridized carbons (Fsp3) is 0.111. The van der Waals surface area contributed by atoms with Crippen molar-refractivity contribution in [2.45, 2.75) is 6.92 Å². The van der Waals surface area contributed by atoms with Crippen molar-refractivity contribution in [3.05, 3.63) is 27.5 Å². The van der Waals surface area contributed by atoms with E-state index in [1.165, 1.54) is 3.57 Å². The Morgan fingerprint density at radius 1 is 1.42 bits per heavy atom. The van der Waals surface area contributed by atoms with Crippen LogP contribution in [-0.2, 0) is 0 Å². The lowest BCUT2D eigenvalue weighted by Crippen LogP contribution is -1.69. The third kappa shape index (κ3) is 1.08. The monoisotopic (exact) mass is 273 g/mol. The SMILES string of the molecule is Cc1[nH]c2ccc(O)cc2c1I. The van der Waals surface area contributed by atoms with Gasteiger partial charge >= 0.3 is 0 Å². The largest absolute Gasteiger partial charge is 0.508 e. The van der Waals surface area contributed by atoms with Crippen LogP contribution >= 0.6 is 22.6 Å². The molecule has 0 atom stereocenters. The molecule has 0 spiro atoms. The number of hydrogen-bond donors (Lipinski definition) is 2. The van der Waals surface area contributed by atoms with Crippen LogP contribution in [0.4, 0.5) is 0 Å². The first-order valence-electron chi connectivity index (χ1n) is 3.65. The minimum atomic E-state index is 0.319. The summed E-state index contributed by atoms with van der Waals surface area (Å²) in [6.07, 6.45) is 0. The number of fused-ring (bicyclic) bond motifs is 1. The number of phenolic OH excluding ortho intramolecular Hbond substituents is 1. The minimum absolute atomic E-state index is 0.319. The molecular weight excluding hydrogens is 265 g/mol. The lowest BCUT2D eigenvalue weighted by atomic mass is 10.2. The number of benzene rings is 1. The number of aromatic amines is 1. The van der Waals surface area contributed by atoms with Gasteiger partial charge in [-0.05, 0) is 47.7 Å². The molecule has 1 aromatic carbocycles. The first-order valence-corrected chi connectivity index (χ1v) is 4.73. The van der Waals surface area contributed by atoms with Gasteiger partial charge in [0.25, 0.3) is 0 Å². The van der Waals surface area contributed by atoms with Gasteiger partial charge in [-0.25, -0.2) is 0 Å². The van der Waals surface area contributed by atoms with E-state index >= 15 is 0 Å². The van der Waals surface area contributed by atoms with E-state index in [1.807, 2.05) is 13.0 Å². The van der Waals surface area contributed by atoms with Gasteiger partial charge in [0, 0.05) is 20.2 Å². The minimum Gasteiger partial charge on any atom is -0.508 e. The van der Waals surface area contributed by atoms with Gasteiger partial charge in [0.05, 0.1) is 0 Å². The second kappa shape index (κ2) is 2.65. The second-order valence-electron chi connectivity index (χ2n) is 2.79. The van der Waals surface area contributed by atoms with Crippen LogP contribution in [0, 0.1) is 10.5 Å². The molecule has 0 unspecified atom stereocenters. The number of hydrogen-bond acceptors (Lipinski definition) is 1. The lowest BCUT2D eigenvalue weighted by molar-refractivity contribution is 0.476. The van der Waals surface area contributed by atoms with Gasteiger partial charge in [-0.15, -0.1) is 0 Å². The molecule has 2 aromatic rings. The van der Waals surface area contributed by atoms with Crippen molar-refractivity contribution in [3.63, 3.8) is 0 Å². The molecule has 0 amide bonds. The summed E-state index contributed by atoms with van der Waals surface area (Å²) in [4.78, 5) is 3.24. The molecule has 0 saturated heterocycles. The molecule has 0 aliphatic heterocycles. The van der Waals surface area contributed by atoms with Crippen LogP contribution < -0.4 is 0 Å². The average molecular weight is 273 g/mol. The van der Waals surface area contributed by atoms with E-state index in [0.29, 0.717) is 5.75 Å². The predicted octanol–water partition coefficient (Wildman–Crippen LogP) is 2.79. The summed E-state index contributed by atoms with van der Waals surface area (Å²) in [5, 5.41) is 10.3. The first-order chi connectivity index (χ1) is 5.68. The van der Waals surface area contributed by atoms with Crippen LogP contribution in [0.1, 0.15) is 5.69 Å². The summed E-state index contributed by atoms with van der Waals surface area (Å²) in [5.74, 6) is 0.319. The second-order valence-corrected chi connectivity index (χ2v) is 3.87. The Balaban J connectivity index is 2.88. The average Bonchev–Trinajstić information content (AvgIpc) is 2.31. The third-order valence-electron chi connectivity index (χ3n) is 1.89. The van der Waals surface area contributed by atoms with Crippen LogP contribution in [0.5, 0.6) is 5.75 Å². The Hall–Kier alpha value is -0.710. The van der Waals surface area contributed by atoms with Crippen molar-refractivity contribution >= 4 is 33.5 Å². The van der Waals surface area contributed by atoms with E-state index in [4.69, 9.17) is 0 Å². The Labute approximate surface area is 83.7 Å². The summed E-state index contributed by atoms with van der Waals surface area (Å²) in [6.45, 7) is 2.03. The smallest absolute Gasteiger partial charge is 0.116 e. The normalized spacial score (nSPS) is 10.8. The van der Waals surface area contributed by atoms with Crippen molar-refractivity contribution in [3.8, 4) is 5.75 Å². The highest BCUT2D eigenvalue weighted by Crippen LogP contribution is 2.26. The van der Waals surface area contributed by atoms with Gasteiger partial charge in [0.1, 0.15) is 5.75 Å². The molecule has 1 aromatic heterocycles. The summed E-state index contributed by atoms with van der Waals surface area (Å²) in [6, 6.07) is 5.36. The zero-order valence-corrected chi connectivity index (χ0v) is 8.71. The third-order valence-corrected chi connectivity index (χ3v) is 3.28. The van der Waals surface area contributed by atoms with Crippen LogP contribution in [-0.4, -0.2) is 10.1 Å². The Kier molecular flexibility index (Phi) is 1.75. The predicted molar refractivity (Wildman–Crippen MR) is 57.4 cm³/mol. The standard InChI is InChI=1S/C9H8INO/c1-5-9(10)7-4-6(12)2-3-8(7)11-5/h2-4,11-12H,1H3. The number of rotatable bonds is 0. The van der Waals surface area contributed by atoms with Gasteiger partial charge in [0.15, 0.2) is 0 Å². The van der Waals surface area contributed by atoms with Crippen molar-refractivity contribution in [2.24, 2.45) is 0 Å². The molecule has 0 fully saturated rings. The van der Waals surface area contributed by atoms with Gasteiger partial charge in [0.2, 0.25) is 0 Å². The van der Waals surface area contributed by atoms with Crippen LogP contribution in [0.15, 0.2) is 18.2 Å². The summed E-state index contributed by atoms with van der Waals surface area (Å²) in [7, 11) is 0. The number of aryl methyl sites for hydroxylation is 1. The summed E-state index contributed by atoms with van der Waals surface area (Å²) < 4.78 is 1.18. The van der Waals surface area contributed by atoms with E-state index in [-0.39, 0.29) is 0 Å². The maximum absolute atomic E-state index is 9.25. The Morgan fingerprint density at radius 3 is 2.92 bits per heavy atom. The number of phenols is 1. The van der Waals surface area contributed by atoms with Crippen molar-refractivity contribution < 1.29 is 5.11 Å². The fourth-order valence-electron chi connectivity index (χ4n) is 1.28. The molecule has 2 N–H and O–H groups in total. The fourth-order valence-corrected chi connectivity index (χ4v) is 1.86. The molecular formula is C9H8INO. The molecule has 0 bridgehead atoms. The number of aromatic hydroxyl groups is 1. The highest BCUT2D eigenvalue weighted by molar-refractivity contribution is 14.1. The molecule has 3 heteroatoms. The lowest BCUT2D eigenvalue weighted by Gasteiger charge is -1.91. The number of halogens is 1. The van der Waals surface area contributed by atoms with Crippen LogP contribution in [0.25, 0.3) is 10.9 Å². The molecule has 2 rings (SSSR count). The van der Waals surface area contributed by atoms with E-state index in [2.05, 4.69) is 27.6 Å². The quantitative estimate of drug-likeness (QED) is 0.711. The van der Waals surface area contributed by atoms with E-state index in [0.717, 1.165) is 16.6 Å². The molecule has 0 aliphatic rings. The van der Waals surface area contributed by atoms with Crippen molar-refractivity contribution in [1.82, 2.24) is 4.98 Å². The zero-order chi connectivity index (χ0) is 8.72. The topological polar surface area (TPSA) is 36.0 Å². The number of nitrogens with one attached hydrogen (secondary N) is 1. The van der Waals surface area contributed by atoms with Gasteiger partial charge in [-0.2, -0.15) is 0 Å². The number of H-pyrrole nitrogens is 1. The van der Waals surface area contributed by atoms with E-state index in [9.17, 15) is 5.11 Å². The van der Waals surface area contributed by atoms with Crippen LogP contribution in [0.2, 0.25) is 0 Å². The highest BCUT2D eigenvalue weighted by Gasteiger charge is 2.04. The molecule has 0 saturated carbocycles. The molecule has 0 radical (unpaired) electrons. The summed E-state index contributed by atoms with van der Waals surface area (Å²) >= 11 is 2.27. The molecule has 2 nitrogen and oxygen atoms in total. The highest BCUT2D eigenvalue weighted by atomic mass is 127. The molecule has 0 aliphatic carbocycles. The molecule has 62 valence electrons.